The molecule has 0 unspecified atom stereocenters. The molecule has 0 saturated carbocycles. The normalized spacial score (nSPS) is 21.2. The van der Waals surface area contributed by atoms with Gasteiger partial charge in [0, 0.05) is 51.4 Å². The van der Waals surface area contributed by atoms with Gasteiger partial charge in [-0.2, -0.15) is 0 Å². The van der Waals surface area contributed by atoms with E-state index in [-0.39, 0.29) is 24.3 Å². The van der Waals surface area contributed by atoms with Gasteiger partial charge in [-0.3, -0.25) is 9.59 Å². The van der Waals surface area contributed by atoms with E-state index in [9.17, 15) is 9.59 Å². The lowest BCUT2D eigenvalue weighted by atomic mass is 10.1. The Balaban J connectivity index is 1.54. The zero-order valence-corrected chi connectivity index (χ0v) is 13.6. The number of nitrogens with zero attached hydrogens (tertiary/aromatic N) is 4. The van der Waals surface area contributed by atoms with Crippen molar-refractivity contribution in [3.8, 4) is 0 Å². The summed E-state index contributed by atoms with van der Waals surface area (Å²) < 4.78 is 7.73. The van der Waals surface area contributed by atoms with E-state index in [0.717, 1.165) is 38.3 Å². The van der Waals surface area contributed by atoms with Gasteiger partial charge < -0.3 is 19.1 Å². The molecule has 0 N–H and O–H groups in total. The number of amides is 2. The fraction of sp³-hybridized carbons (Fsp3) is 0.688. The van der Waals surface area contributed by atoms with Gasteiger partial charge in [0.2, 0.25) is 11.8 Å². The van der Waals surface area contributed by atoms with Crippen LogP contribution in [-0.2, 0) is 27.4 Å². The number of hydrogen-bond donors (Lipinski definition) is 0. The summed E-state index contributed by atoms with van der Waals surface area (Å²) in [7, 11) is 0. The fourth-order valence-electron chi connectivity index (χ4n) is 3.26. The molecule has 0 aromatic carbocycles. The highest BCUT2D eigenvalue weighted by atomic mass is 16.5. The zero-order valence-electron chi connectivity index (χ0n) is 13.6. The molecule has 1 aromatic heterocycles. The van der Waals surface area contributed by atoms with Gasteiger partial charge in [-0.25, -0.2) is 4.98 Å². The topological polar surface area (TPSA) is 67.7 Å². The maximum absolute atomic E-state index is 12.0. The number of likely N-dealkylation sites (tertiary alicyclic amines) is 1. The molecule has 1 atom stereocenters. The van der Waals surface area contributed by atoms with E-state index in [2.05, 4.69) is 9.55 Å². The standard InChI is InChI=1S/C16H24N4O3/c1-13(21)20-9-14(8-19-7-4-17-15(19)10-20)11-23-12-16(22)18-5-2-3-6-18/h4,7,14H,2-3,5-6,8-12H2,1H3/t14-/m0/s1. The van der Waals surface area contributed by atoms with Crippen LogP contribution in [0.4, 0.5) is 0 Å². The summed E-state index contributed by atoms with van der Waals surface area (Å²) in [6, 6.07) is 0. The second-order valence-electron chi connectivity index (χ2n) is 6.36. The van der Waals surface area contributed by atoms with Crippen LogP contribution >= 0.6 is 0 Å². The second kappa shape index (κ2) is 7.12. The van der Waals surface area contributed by atoms with Crippen molar-refractivity contribution < 1.29 is 14.3 Å². The molecule has 3 heterocycles. The van der Waals surface area contributed by atoms with Gasteiger partial charge in [-0.15, -0.1) is 0 Å². The Morgan fingerprint density at radius 2 is 2.04 bits per heavy atom. The molecule has 1 fully saturated rings. The first-order valence-corrected chi connectivity index (χ1v) is 8.24. The van der Waals surface area contributed by atoms with Gasteiger partial charge in [0.05, 0.1) is 13.2 Å². The first-order chi connectivity index (χ1) is 11.1. The van der Waals surface area contributed by atoms with Crippen LogP contribution < -0.4 is 0 Å². The lowest BCUT2D eigenvalue weighted by Gasteiger charge is -2.23. The summed E-state index contributed by atoms with van der Waals surface area (Å²) in [5, 5.41) is 0. The first kappa shape index (κ1) is 16.0. The maximum atomic E-state index is 12.0. The van der Waals surface area contributed by atoms with E-state index >= 15 is 0 Å². The van der Waals surface area contributed by atoms with Gasteiger partial charge in [-0.1, -0.05) is 0 Å². The van der Waals surface area contributed by atoms with Crippen LogP contribution in [0.25, 0.3) is 0 Å². The van der Waals surface area contributed by atoms with Crippen molar-refractivity contribution in [3.05, 3.63) is 18.2 Å². The highest BCUT2D eigenvalue weighted by Gasteiger charge is 2.25. The van der Waals surface area contributed by atoms with E-state index in [1.54, 1.807) is 18.0 Å². The molecule has 7 nitrogen and oxygen atoms in total. The Kier molecular flexibility index (Phi) is 4.95. The van der Waals surface area contributed by atoms with Crippen LogP contribution in [0.1, 0.15) is 25.6 Å². The van der Waals surface area contributed by atoms with Gasteiger partial charge in [0.1, 0.15) is 12.4 Å². The molecule has 0 bridgehead atoms. The number of rotatable bonds is 4. The summed E-state index contributed by atoms with van der Waals surface area (Å²) in [6.45, 7) is 5.81. The molecular formula is C16H24N4O3. The van der Waals surface area contributed by atoms with Gasteiger partial charge in [0.25, 0.3) is 0 Å². The van der Waals surface area contributed by atoms with E-state index < -0.39 is 0 Å². The summed E-state index contributed by atoms with van der Waals surface area (Å²) in [6.07, 6.45) is 5.87. The molecule has 7 heteroatoms. The third-order valence-corrected chi connectivity index (χ3v) is 4.55. The third-order valence-electron chi connectivity index (χ3n) is 4.55. The van der Waals surface area contributed by atoms with E-state index in [1.165, 1.54) is 0 Å². The van der Waals surface area contributed by atoms with Crippen LogP contribution in [-0.4, -0.2) is 64.0 Å². The van der Waals surface area contributed by atoms with Crippen molar-refractivity contribution in [1.82, 2.24) is 19.4 Å². The third kappa shape index (κ3) is 3.90. The molecule has 0 radical (unpaired) electrons. The van der Waals surface area contributed by atoms with Crippen molar-refractivity contribution in [3.63, 3.8) is 0 Å². The zero-order chi connectivity index (χ0) is 16.2. The Morgan fingerprint density at radius 3 is 2.78 bits per heavy atom. The van der Waals surface area contributed by atoms with Crippen molar-refractivity contribution in [2.24, 2.45) is 5.92 Å². The lowest BCUT2D eigenvalue weighted by molar-refractivity contribution is -0.136. The van der Waals surface area contributed by atoms with Crippen molar-refractivity contribution in [2.75, 3.05) is 32.8 Å². The number of carbonyl (C=O) groups is 2. The number of imidazole rings is 1. The Labute approximate surface area is 136 Å². The predicted molar refractivity (Wildman–Crippen MR) is 83.4 cm³/mol. The molecule has 2 aliphatic heterocycles. The van der Waals surface area contributed by atoms with Gasteiger partial charge >= 0.3 is 0 Å². The second-order valence-corrected chi connectivity index (χ2v) is 6.36. The minimum absolute atomic E-state index is 0.0413. The first-order valence-electron chi connectivity index (χ1n) is 8.24. The Hall–Kier alpha value is -1.89. The number of carbonyl (C=O) groups excluding carboxylic acids is 2. The lowest BCUT2D eigenvalue weighted by Crippen LogP contribution is -2.35. The molecular weight excluding hydrogens is 296 g/mol. The van der Waals surface area contributed by atoms with E-state index in [0.29, 0.717) is 19.7 Å². The Bertz CT molecular complexity index is 565. The number of fused-ring (bicyclic) bond motifs is 1. The predicted octanol–water partition coefficient (Wildman–Crippen LogP) is 0.500. The van der Waals surface area contributed by atoms with Crippen LogP contribution in [0.2, 0.25) is 0 Å². The highest BCUT2D eigenvalue weighted by molar-refractivity contribution is 5.77. The molecule has 0 spiro atoms. The van der Waals surface area contributed by atoms with Crippen molar-refractivity contribution in [1.29, 1.82) is 0 Å². The monoisotopic (exact) mass is 320 g/mol. The van der Waals surface area contributed by atoms with Crippen LogP contribution in [0, 0.1) is 5.92 Å². The molecule has 1 aromatic rings. The minimum atomic E-state index is 0.0413. The number of aromatic nitrogens is 2. The summed E-state index contributed by atoms with van der Waals surface area (Å²) in [5.74, 6) is 1.18. The average molecular weight is 320 g/mol. The van der Waals surface area contributed by atoms with E-state index in [1.807, 2.05) is 11.1 Å². The van der Waals surface area contributed by atoms with Gasteiger partial charge in [-0.05, 0) is 12.8 Å². The molecule has 2 aliphatic rings. The van der Waals surface area contributed by atoms with E-state index in [4.69, 9.17) is 4.74 Å². The average Bonchev–Trinajstić information content (AvgIpc) is 3.16. The SMILES string of the molecule is CC(=O)N1Cc2nccn2C[C@H](COCC(=O)N2CCCC2)C1. The van der Waals surface area contributed by atoms with Crippen molar-refractivity contribution >= 4 is 11.8 Å². The summed E-state index contributed by atoms with van der Waals surface area (Å²) in [5.41, 5.74) is 0. The van der Waals surface area contributed by atoms with Crippen LogP contribution in [0.3, 0.4) is 0 Å². The number of hydrogen-bond acceptors (Lipinski definition) is 4. The maximum Gasteiger partial charge on any atom is 0.248 e. The minimum Gasteiger partial charge on any atom is -0.371 e. The molecule has 2 amide bonds. The summed E-state index contributed by atoms with van der Waals surface area (Å²) >= 11 is 0. The van der Waals surface area contributed by atoms with Crippen molar-refractivity contribution in [2.45, 2.75) is 32.9 Å². The van der Waals surface area contributed by atoms with Gasteiger partial charge in [0.15, 0.2) is 0 Å². The molecule has 3 rings (SSSR count). The van der Waals surface area contributed by atoms with Crippen LogP contribution in [0.15, 0.2) is 12.4 Å². The number of ether oxygens (including phenoxy) is 1. The molecule has 126 valence electrons. The molecule has 23 heavy (non-hydrogen) atoms. The summed E-state index contributed by atoms with van der Waals surface area (Å²) in [4.78, 5) is 31.7. The molecule has 0 aliphatic carbocycles. The highest BCUT2D eigenvalue weighted by Crippen LogP contribution is 2.16. The van der Waals surface area contributed by atoms with Crippen LogP contribution in [0.5, 0.6) is 0 Å². The smallest absolute Gasteiger partial charge is 0.248 e. The largest absolute Gasteiger partial charge is 0.371 e. The Morgan fingerprint density at radius 1 is 1.26 bits per heavy atom. The molecule has 1 saturated heterocycles. The fourth-order valence-corrected chi connectivity index (χ4v) is 3.26. The quantitative estimate of drug-likeness (QED) is 0.810.